The summed E-state index contributed by atoms with van der Waals surface area (Å²) in [6.45, 7) is 14.1. The first-order chi connectivity index (χ1) is 8.52. The zero-order valence-electron chi connectivity index (χ0n) is 13.1. The van der Waals surface area contributed by atoms with Crippen LogP contribution in [0.4, 0.5) is 0 Å². The number of hydrogen-bond donors (Lipinski definition) is 2. The summed E-state index contributed by atoms with van der Waals surface area (Å²) in [5.41, 5.74) is 0. The molecule has 4 heteroatoms. The van der Waals surface area contributed by atoms with Gasteiger partial charge in [0.2, 0.25) is 0 Å². The molecule has 0 fully saturated rings. The summed E-state index contributed by atoms with van der Waals surface area (Å²) in [7, 11) is 1.82. The number of nitrogens with one attached hydrogen (secondary N) is 2. The molecule has 4 nitrogen and oxygen atoms in total. The van der Waals surface area contributed by atoms with Gasteiger partial charge in [-0.05, 0) is 34.1 Å². The minimum atomic E-state index is 0.585. The third-order valence-corrected chi connectivity index (χ3v) is 3.04. The lowest BCUT2D eigenvalue weighted by Gasteiger charge is -2.30. The Hall–Kier alpha value is -0.770. The van der Waals surface area contributed by atoms with Gasteiger partial charge in [0, 0.05) is 38.8 Å². The number of nitrogens with zero attached hydrogens (tertiary/aromatic N) is 2. The van der Waals surface area contributed by atoms with Crippen molar-refractivity contribution in [2.45, 2.75) is 59.5 Å². The highest BCUT2D eigenvalue weighted by Crippen LogP contribution is 2.03. The van der Waals surface area contributed by atoms with Crippen molar-refractivity contribution in [2.24, 2.45) is 4.99 Å². The molecule has 2 N–H and O–H groups in total. The summed E-state index contributed by atoms with van der Waals surface area (Å²) in [6, 6.07) is 1.17. The highest BCUT2D eigenvalue weighted by molar-refractivity contribution is 5.79. The summed E-state index contributed by atoms with van der Waals surface area (Å²) in [5.74, 6) is 0.913. The van der Waals surface area contributed by atoms with E-state index in [0.717, 1.165) is 25.6 Å². The van der Waals surface area contributed by atoms with E-state index in [-0.39, 0.29) is 0 Å². The Morgan fingerprint density at radius 2 is 1.61 bits per heavy atom. The van der Waals surface area contributed by atoms with Crippen molar-refractivity contribution in [1.82, 2.24) is 15.5 Å². The zero-order valence-corrected chi connectivity index (χ0v) is 13.1. The normalized spacial score (nSPS) is 12.6. The second kappa shape index (κ2) is 10.2. The third kappa shape index (κ3) is 7.54. The van der Waals surface area contributed by atoms with Crippen LogP contribution in [0.25, 0.3) is 0 Å². The van der Waals surface area contributed by atoms with E-state index in [9.17, 15) is 0 Å². The summed E-state index contributed by atoms with van der Waals surface area (Å²) < 4.78 is 0. The molecule has 0 saturated carbocycles. The van der Waals surface area contributed by atoms with Crippen molar-refractivity contribution in [3.63, 3.8) is 0 Å². The molecular weight excluding hydrogens is 224 g/mol. The molecule has 0 spiro atoms. The van der Waals surface area contributed by atoms with E-state index in [1.165, 1.54) is 12.8 Å². The Bertz CT molecular complexity index is 216. The minimum Gasteiger partial charge on any atom is -0.356 e. The topological polar surface area (TPSA) is 39.7 Å². The fourth-order valence-corrected chi connectivity index (χ4v) is 2.02. The molecule has 0 aromatic rings. The number of guanidine groups is 1. The first kappa shape index (κ1) is 17.2. The van der Waals surface area contributed by atoms with Crippen LogP contribution in [0.2, 0.25) is 0 Å². The van der Waals surface area contributed by atoms with Gasteiger partial charge in [-0.3, -0.25) is 9.89 Å². The number of unbranched alkanes of at least 4 members (excludes halogenated alkanes) is 1. The molecule has 0 aliphatic carbocycles. The molecule has 0 atom stereocenters. The quantitative estimate of drug-likeness (QED) is 0.397. The van der Waals surface area contributed by atoms with Gasteiger partial charge >= 0.3 is 0 Å². The Balaban J connectivity index is 3.92. The van der Waals surface area contributed by atoms with Gasteiger partial charge in [0.05, 0.1) is 0 Å². The van der Waals surface area contributed by atoms with Crippen molar-refractivity contribution in [1.29, 1.82) is 0 Å². The van der Waals surface area contributed by atoms with Crippen LogP contribution >= 0.6 is 0 Å². The summed E-state index contributed by atoms with van der Waals surface area (Å²) in [6.07, 6.45) is 2.39. The highest BCUT2D eigenvalue weighted by Gasteiger charge is 2.12. The molecule has 0 aliphatic rings. The second-order valence-corrected chi connectivity index (χ2v) is 5.20. The fraction of sp³-hybridized carbons (Fsp3) is 0.929. The highest BCUT2D eigenvalue weighted by atomic mass is 15.2. The monoisotopic (exact) mass is 256 g/mol. The van der Waals surface area contributed by atoms with Gasteiger partial charge in [-0.25, -0.2) is 0 Å². The van der Waals surface area contributed by atoms with Gasteiger partial charge in [0.15, 0.2) is 5.96 Å². The van der Waals surface area contributed by atoms with Gasteiger partial charge in [-0.1, -0.05) is 13.3 Å². The lowest BCUT2D eigenvalue weighted by atomic mass is 10.2. The van der Waals surface area contributed by atoms with Gasteiger partial charge in [0.25, 0.3) is 0 Å². The zero-order chi connectivity index (χ0) is 14.0. The average molecular weight is 256 g/mol. The number of hydrogen-bond acceptors (Lipinski definition) is 2. The maximum atomic E-state index is 4.22. The third-order valence-electron chi connectivity index (χ3n) is 3.04. The molecule has 0 aromatic carbocycles. The van der Waals surface area contributed by atoms with E-state index in [4.69, 9.17) is 0 Å². The van der Waals surface area contributed by atoms with Gasteiger partial charge < -0.3 is 10.6 Å². The molecule has 0 amide bonds. The van der Waals surface area contributed by atoms with Crippen LogP contribution in [-0.4, -0.2) is 49.6 Å². The lowest BCUT2D eigenvalue weighted by molar-refractivity contribution is 0.178. The Morgan fingerprint density at radius 3 is 2.06 bits per heavy atom. The molecule has 108 valence electrons. The van der Waals surface area contributed by atoms with Crippen LogP contribution in [-0.2, 0) is 0 Å². The van der Waals surface area contributed by atoms with E-state index in [1.807, 2.05) is 7.05 Å². The smallest absolute Gasteiger partial charge is 0.191 e. The second-order valence-electron chi connectivity index (χ2n) is 5.20. The standard InChI is InChI=1S/C14H32N4/c1-7-8-9-16-14(15-6)17-10-11-18(12(2)3)13(4)5/h12-13H,7-11H2,1-6H3,(H2,15,16,17). The van der Waals surface area contributed by atoms with Crippen LogP contribution < -0.4 is 10.6 Å². The first-order valence-electron chi connectivity index (χ1n) is 7.23. The Kier molecular flexibility index (Phi) is 9.74. The van der Waals surface area contributed by atoms with Crippen molar-refractivity contribution in [3.8, 4) is 0 Å². The molecule has 0 rings (SSSR count). The van der Waals surface area contributed by atoms with Crippen LogP contribution in [0, 0.1) is 0 Å². The summed E-state index contributed by atoms with van der Waals surface area (Å²) >= 11 is 0. The maximum Gasteiger partial charge on any atom is 0.191 e. The van der Waals surface area contributed by atoms with E-state index < -0.39 is 0 Å². The fourth-order valence-electron chi connectivity index (χ4n) is 2.02. The van der Waals surface area contributed by atoms with Crippen LogP contribution in [0.3, 0.4) is 0 Å². The van der Waals surface area contributed by atoms with Gasteiger partial charge in [0.1, 0.15) is 0 Å². The van der Waals surface area contributed by atoms with E-state index in [0.29, 0.717) is 12.1 Å². The molecule has 0 unspecified atom stereocenters. The van der Waals surface area contributed by atoms with Crippen LogP contribution in [0.5, 0.6) is 0 Å². The molecular formula is C14H32N4. The maximum absolute atomic E-state index is 4.22. The van der Waals surface area contributed by atoms with E-state index >= 15 is 0 Å². The predicted molar refractivity (Wildman–Crippen MR) is 81.3 cm³/mol. The minimum absolute atomic E-state index is 0.585. The first-order valence-corrected chi connectivity index (χ1v) is 7.23. The molecule has 0 radical (unpaired) electrons. The number of aliphatic imine (C=N–C) groups is 1. The average Bonchev–Trinajstić information content (AvgIpc) is 2.31. The van der Waals surface area contributed by atoms with Crippen molar-refractivity contribution in [3.05, 3.63) is 0 Å². The van der Waals surface area contributed by atoms with Crippen molar-refractivity contribution in [2.75, 3.05) is 26.7 Å². The van der Waals surface area contributed by atoms with Crippen molar-refractivity contribution >= 4 is 5.96 Å². The molecule has 0 saturated heterocycles. The number of rotatable bonds is 8. The van der Waals surface area contributed by atoms with Gasteiger partial charge in [-0.15, -0.1) is 0 Å². The predicted octanol–water partition coefficient (Wildman–Crippen LogP) is 2.07. The van der Waals surface area contributed by atoms with E-state index in [1.54, 1.807) is 0 Å². The molecule has 0 bridgehead atoms. The largest absolute Gasteiger partial charge is 0.356 e. The SMILES string of the molecule is CCCCNC(=NC)NCCN(C(C)C)C(C)C. The van der Waals surface area contributed by atoms with E-state index in [2.05, 4.69) is 55.1 Å². The molecule has 0 aromatic heterocycles. The van der Waals surface area contributed by atoms with Crippen molar-refractivity contribution < 1.29 is 0 Å². The molecule has 18 heavy (non-hydrogen) atoms. The Morgan fingerprint density at radius 1 is 1.06 bits per heavy atom. The van der Waals surface area contributed by atoms with Gasteiger partial charge in [-0.2, -0.15) is 0 Å². The summed E-state index contributed by atoms with van der Waals surface area (Å²) in [5, 5.41) is 6.69. The Labute approximate surface area is 113 Å². The molecule has 0 aliphatic heterocycles. The molecule has 0 heterocycles. The lowest BCUT2D eigenvalue weighted by Crippen LogP contribution is -2.45. The summed E-state index contributed by atoms with van der Waals surface area (Å²) in [4.78, 5) is 6.70. The van der Waals surface area contributed by atoms with Crippen LogP contribution in [0.15, 0.2) is 4.99 Å². The van der Waals surface area contributed by atoms with Crippen LogP contribution in [0.1, 0.15) is 47.5 Å².